The van der Waals surface area contributed by atoms with E-state index in [0.717, 1.165) is 0 Å². The molecule has 0 heterocycles. The van der Waals surface area contributed by atoms with Gasteiger partial charge in [0.25, 0.3) is 0 Å². The summed E-state index contributed by atoms with van der Waals surface area (Å²) in [6.07, 6.45) is 4.44. The maximum Gasteiger partial charge on any atom is 0.314 e. The van der Waals surface area contributed by atoms with Crippen LogP contribution in [0.1, 0.15) is 0 Å². The Kier molecular flexibility index (Phi) is 1.56. The zero-order valence-electron chi connectivity index (χ0n) is 4.66. The first-order valence-electron chi connectivity index (χ1n) is 2.55. The van der Waals surface area contributed by atoms with Gasteiger partial charge in [-0.2, -0.15) is 4.79 Å². The van der Waals surface area contributed by atoms with Crippen molar-refractivity contribution >= 4 is 5.71 Å². The summed E-state index contributed by atoms with van der Waals surface area (Å²) >= 11 is 0. The van der Waals surface area contributed by atoms with Gasteiger partial charge in [-0.15, -0.1) is 0 Å². The molecule has 0 unspecified atom stereocenters. The minimum atomic E-state index is -1.03. The van der Waals surface area contributed by atoms with Crippen LogP contribution in [0.25, 0.3) is 5.53 Å². The van der Waals surface area contributed by atoms with Crippen LogP contribution >= 0.6 is 0 Å². The number of alkyl halides is 1. The largest absolute Gasteiger partial charge is 0.361 e. The quantitative estimate of drug-likeness (QED) is 0.343. The lowest BCUT2D eigenvalue weighted by molar-refractivity contribution is -0.00172. The van der Waals surface area contributed by atoms with Crippen LogP contribution in [0.15, 0.2) is 24.3 Å². The first kappa shape index (κ1) is 5.92. The highest BCUT2D eigenvalue weighted by atomic mass is 19.1. The van der Waals surface area contributed by atoms with E-state index in [1.54, 1.807) is 0 Å². The van der Waals surface area contributed by atoms with Gasteiger partial charge in [0.05, 0.1) is 0 Å². The standard InChI is InChI=1S/C6H5FN2/c7-5-1-3-6(9-8)4-2-5/h1-5H. The topological polar surface area (TPSA) is 36.4 Å². The molecule has 0 aromatic heterocycles. The molecule has 0 fully saturated rings. The number of hydrogen-bond acceptors (Lipinski definition) is 0. The monoisotopic (exact) mass is 124 g/mol. The van der Waals surface area contributed by atoms with Gasteiger partial charge in [-0.1, -0.05) is 0 Å². The minimum absolute atomic E-state index is 0.379. The average molecular weight is 124 g/mol. The van der Waals surface area contributed by atoms with Gasteiger partial charge in [0.15, 0.2) is 0 Å². The van der Waals surface area contributed by atoms with E-state index in [4.69, 9.17) is 5.53 Å². The SMILES string of the molecule is [N-]=[N+]=C1C=CC(F)C=C1. The summed E-state index contributed by atoms with van der Waals surface area (Å²) in [6.45, 7) is 0. The van der Waals surface area contributed by atoms with E-state index in [2.05, 4.69) is 4.79 Å². The van der Waals surface area contributed by atoms with Crippen LogP contribution in [0.4, 0.5) is 4.39 Å². The van der Waals surface area contributed by atoms with Gasteiger partial charge in [-0.25, -0.2) is 4.39 Å². The molecule has 0 bridgehead atoms. The molecule has 0 saturated carbocycles. The Morgan fingerprint density at radius 1 is 1.44 bits per heavy atom. The summed E-state index contributed by atoms with van der Waals surface area (Å²) in [5.74, 6) is 0. The zero-order chi connectivity index (χ0) is 6.69. The molecule has 0 aromatic carbocycles. The molecule has 0 spiro atoms. The number of nitrogens with zero attached hydrogens (tertiary/aromatic N) is 2. The molecular weight excluding hydrogens is 119 g/mol. The Hall–Kier alpha value is -1.21. The van der Waals surface area contributed by atoms with Crippen LogP contribution in [-0.4, -0.2) is 16.7 Å². The molecule has 0 amide bonds. The normalized spacial score (nSPS) is 24.1. The molecule has 0 aromatic rings. The highest BCUT2D eigenvalue weighted by Crippen LogP contribution is 2.01. The van der Waals surface area contributed by atoms with Crippen LogP contribution in [0.3, 0.4) is 0 Å². The first-order chi connectivity index (χ1) is 4.33. The Bertz CT molecular complexity index is 195. The summed E-state index contributed by atoms with van der Waals surface area (Å²) in [7, 11) is 0. The highest BCUT2D eigenvalue weighted by Gasteiger charge is 2.06. The summed E-state index contributed by atoms with van der Waals surface area (Å²) < 4.78 is 12.2. The molecule has 1 aliphatic rings. The van der Waals surface area contributed by atoms with Gasteiger partial charge in [-0.3, -0.25) is 0 Å². The predicted molar refractivity (Wildman–Crippen MR) is 31.8 cm³/mol. The second-order valence-electron chi connectivity index (χ2n) is 1.69. The van der Waals surface area contributed by atoms with Crippen molar-refractivity contribution < 1.29 is 9.18 Å². The van der Waals surface area contributed by atoms with E-state index in [-0.39, 0.29) is 0 Å². The zero-order valence-corrected chi connectivity index (χ0v) is 4.66. The highest BCUT2D eigenvalue weighted by molar-refractivity contribution is 6.00. The molecule has 2 nitrogen and oxygen atoms in total. The molecular formula is C6H5FN2. The van der Waals surface area contributed by atoms with Crippen LogP contribution in [0.2, 0.25) is 0 Å². The molecule has 9 heavy (non-hydrogen) atoms. The van der Waals surface area contributed by atoms with Crippen LogP contribution < -0.4 is 0 Å². The second kappa shape index (κ2) is 2.37. The molecule has 3 heteroatoms. The van der Waals surface area contributed by atoms with Crippen molar-refractivity contribution in [2.75, 3.05) is 0 Å². The average Bonchev–Trinajstić information content (AvgIpc) is 1.90. The van der Waals surface area contributed by atoms with Crippen molar-refractivity contribution in [3.63, 3.8) is 0 Å². The number of rotatable bonds is 0. The minimum Gasteiger partial charge on any atom is -0.361 e. The maximum atomic E-state index is 12.2. The molecule has 1 rings (SSSR count). The summed E-state index contributed by atoms with van der Waals surface area (Å²) in [5.41, 5.74) is 8.52. The first-order valence-corrected chi connectivity index (χ1v) is 2.55. The fourth-order valence-electron chi connectivity index (χ4n) is 0.567. The lowest BCUT2D eigenvalue weighted by atomic mass is 10.2. The maximum absolute atomic E-state index is 12.2. The number of halogens is 1. The van der Waals surface area contributed by atoms with Crippen molar-refractivity contribution in [2.24, 2.45) is 0 Å². The van der Waals surface area contributed by atoms with E-state index in [1.807, 2.05) is 0 Å². The number of hydrogen-bond donors (Lipinski definition) is 0. The van der Waals surface area contributed by atoms with E-state index >= 15 is 0 Å². The number of allylic oxidation sites excluding steroid dienone is 4. The fraction of sp³-hybridized carbons (Fsp3) is 0.167. The summed E-state index contributed by atoms with van der Waals surface area (Å²) in [4.78, 5) is 2.86. The fourth-order valence-corrected chi connectivity index (χ4v) is 0.567. The van der Waals surface area contributed by atoms with Crippen LogP contribution in [0, 0.1) is 0 Å². The van der Waals surface area contributed by atoms with Crippen molar-refractivity contribution in [2.45, 2.75) is 6.17 Å². The van der Waals surface area contributed by atoms with Gasteiger partial charge in [0, 0.05) is 12.2 Å². The van der Waals surface area contributed by atoms with Gasteiger partial charge >= 0.3 is 5.71 Å². The third-order valence-electron chi connectivity index (χ3n) is 1.02. The van der Waals surface area contributed by atoms with E-state index in [9.17, 15) is 4.39 Å². The van der Waals surface area contributed by atoms with Gasteiger partial charge in [-0.05, 0) is 12.2 Å². The lowest BCUT2D eigenvalue weighted by Crippen LogP contribution is -2.00. The van der Waals surface area contributed by atoms with Crippen molar-refractivity contribution in [1.29, 1.82) is 0 Å². The molecule has 0 aliphatic heterocycles. The Balaban J connectivity index is 2.82. The second-order valence-corrected chi connectivity index (χ2v) is 1.69. The van der Waals surface area contributed by atoms with Gasteiger partial charge in [0.1, 0.15) is 6.17 Å². The molecule has 0 saturated heterocycles. The summed E-state index contributed by atoms with van der Waals surface area (Å²) in [6, 6.07) is 0. The van der Waals surface area contributed by atoms with Crippen LogP contribution in [0.5, 0.6) is 0 Å². The van der Waals surface area contributed by atoms with Crippen molar-refractivity contribution in [3.05, 3.63) is 29.8 Å². The molecule has 0 radical (unpaired) electrons. The lowest BCUT2D eigenvalue weighted by Gasteiger charge is -1.93. The summed E-state index contributed by atoms with van der Waals surface area (Å²) in [5, 5.41) is 0. The van der Waals surface area contributed by atoms with Crippen LogP contribution in [-0.2, 0) is 0 Å². The van der Waals surface area contributed by atoms with E-state index < -0.39 is 6.17 Å². The Morgan fingerprint density at radius 2 is 2.00 bits per heavy atom. The van der Waals surface area contributed by atoms with Gasteiger partial charge < -0.3 is 5.53 Å². The molecule has 0 atom stereocenters. The predicted octanol–water partition coefficient (Wildman–Crippen LogP) is 1.12. The Labute approximate surface area is 51.9 Å². The smallest absolute Gasteiger partial charge is 0.314 e. The Morgan fingerprint density at radius 3 is 2.44 bits per heavy atom. The molecule has 46 valence electrons. The van der Waals surface area contributed by atoms with Crippen molar-refractivity contribution in [3.8, 4) is 0 Å². The van der Waals surface area contributed by atoms with E-state index in [0.29, 0.717) is 5.71 Å². The third kappa shape index (κ3) is 1.34. The third-order valence-corrected chi connectivity index (χ3v) is 1.02. The molecule has 1 aliphatic carbocycles. The van der Waals surface area contributed by atoms with Gasteiger partial charge in [0.2, 0.25) is 0 Å². The van der Waals surface area contributed by atoms with E-state index in [1.165, 1.54) is 24.3 Å². The van der Waals surface area contributed by atoms with Crippen molar-refractivity contribution in [1.82, 2.24) is 0 Å². The molecule has 0 N–H and O–H groups in total.